The highest BCUT2D eigenvalue weighted by molar-refractivity contribution is 7.91. The van der Waals surface area contributed by atoms with Gasteiger partial charge < -0.3 is 9.88 Å². The van der Waals surface area contributed by atoms with Crippen molar-refractivity contribution in [2.45, 2.75) is 16.8 Å². The van der Waals surface area contributed by atoms with Gasteiger partial charge in [-0.15, -0.1) is 0 Å². The average molecular weight is 381 g/mol. The lowest BCUT2D eigenvalue weighted by Crippen LogP contribution is -2.09. The van der Waals surface area contributed by atoms with E-state index in [1.165, 1.54) is 35.3 Å². The molecule has 0 aliphatic heterocycles. The second-order valence-electron chi connectivity index (χ2n) is 6.11. The molecule has 0 spiro atoms. The first-order chi connectivity index (χ1) is 12.9. The first kappa shape index (κ1) is 18.6. The van der Waals surface area contributed by atoms with Gasteiger partial charge in [0.05, 0.1) is 17.4 Å². The van der Waals surface area contributed by atoms with Crippen molar-refractivity contribution in [3.05, 3.63) is 78.3 Å². The van der Waals surface area contributed by atoms with Gasteiger partial charge in [-0.2, -0.15) is 0 Å². The van der Waals surface area contributed by atoms with Gasteiger partial charge in [-0.1, -0.05) is 29.8 Å². The van der Waals surface area contributed by atoms with E-state index in [1.54, 1.807) is 25.3 Å². The van der Waals surface area contributed by atoms with E-state index in [-0.39, 0.29) is 15.8 Å². The summed E-state index contributed by atoms with van der Waals surface area (Å²) in [7, 11) is -2.03. The average Bonchev–Trinajstić information content (AvgIpc) is 3.07. The fourth-order valence-electron chi connectivity index (χ4n) is 2.57. The monoisotopic (exact) mass is 381 g/mol. The number of amides is 1. The second-order valence-corrected chi connectivity index (χ2v) is 8.00. The zero-order valence-electron chi connectivity index (χ0n) is 15.0. The van der Waals surface area contributed by atoms with E-state index in [4.69, 9.17) is 0 Å². The van der Waals surface area contributed by atoms with Crippen LogP contribution in [0.1, 0.15) is 11.1 Å². The normalized spacial score (nSPS) is 11.6. The number of carbonyl (C=O) groups is 1. The molecule has 0 radical (unpaired) electrons. The van der Waals surface area contributed by atoms with Gasteiger partial charge in [0, 0.05) is 18.8 Å². The summed E-state index contributed by atoms with van der Waals surface area (Å²) >= 11 is 0. The minimum Gasteiger partial charge on any atom is -0.325 e. The third-order valence-electron chi connectivity index (χ3n) is 3.95. The minimum absolute atomic E-state index is 0.111. The highest BCUT2D eigenvalue weighted by Gasteiger charge is 2.20. The molecule has 0 saturated heterocycles. The van der Waals surface area contributed by atoms with Crippen molar-refractivity contribution in [2.24, 2.45) is 7.05 Å². The summed E-state index contributed by atoms with van der Waals surface area (Å²) < 4.78 is 26.6. The Balaban J connectivity index is 1.71. The summed E-state index contributed by atoms with van der Waals surface area (Å²) in [5.41, 5.74) is 2.56. The predicted molar refractivity (Wildman–Crippen MR) is 104 cm³/mol. The number of benzene rings is 2. The number of aromatic nitrogens is 2. The Morgan fingerprint density at radius 2 is 1.89 bits per heavy atom. The number of anilines is 1. The van der Waals surface area contributed by atoms with E-state index in [9.17, 15) is 13.2 Å². The molecule has 6 nitrogen and oxygen atoms in total. The van der Waals surface area contributed by atoms with Gasteiger partial charge in [0.15, 0.2) is 5.03 Å². The first-order valence-electron chi connectivity index (χ1n) is 8.23. The lowest BCUT2D eigenvalue weighted by atomic mass is 10.1. The molecule has 7 heteroatoms. The number of sulfone groups is 1. The Hall–Kier alpha value is -3.19. The Morgan fingerprint density at radius 1 is 1.15 bits per heavy atom. The lowest BCUT2D eigenvalue weighted by molar-refractivity contribution is -0.111. The van der Waals surface area contributed by atoms with Crippen LogP contribution in [-0.2, 0) is 21.7 Å². The smallest absolute Gasteiger partial charge is 0.248 e. The fourth-order valence-corrected chi connectivity index (χ4v) is 3.93. The molecular weight excluding hydrogens is 362 g/mol. The molecule has 3 aromatic rings. The molecule has 138 valence electrons. The van der Waals surface area contributed by atoms with Crippen LogP contribution in [-0.4, -0.2) is 23.9 Å². The number of carbonyl (C=O) groups excluding carboxylic acids is 1. The number of hydrogen-bond acceptors (Lipinski definition) is 4. The fraction of sp³-hybridized carbons (Fsp3) is 0.100. The minimum atomic E-state index is -3.65. The highest BCUT2D eigenvalue weighted by atomic mass is 32.2. The number of rotatable bonds is 5. The van der Waals surface area contributed by atoms with Crippen molar-refractivity contribution in [3.8, 4) is 0 Å². The Bertz CT molecular complexity index is 1100. The molecule has 0 atom stereocenters. The first-order valence-corrected chi connectivity index (χ1v) is 9.72. The molecule has 1 N–H and O–H groups in total. The molecule has 0 bridgehead atoms. The highest BCUT2D eigenvalue weighted by Crippen LogP contribution is 2.21. The van der Waals surface area contributed by atoms with Crippen molar-refractivity contribution in [1.29, 1.82) is 0 Å². The molecule has 0 aliphatic carbocycles. The van der Waals surface area contributed by atoms with E-state index >= 15 is 0 Å². The SMILES string of the molecule is Cc1cccc(/C=C/C(=O)Nc2ccc(S(=O)(=O)c3cncn3C)cc2)c1. The van der Waals surface area contributed by atoms with E-state index in [1.807, 2.05) is 31.2 Å². The third-order valence-corrected chi connectivity index (χ3v) is 5.79. The number of nitrogens with one attached hydrogen (secondary N) is 1. The quantitative estimate of drug-likeness (QED) is 0.688. The van der Waals surface area contributed by atoms with Crippen molar-refractivity contribution in [3.63, 3.8) is 0 Å². The van der Waals surface area contributed by atoms with Crippen LogP contribution >= 0.6 is 0 Å². The van der Waals surface area contributed by atoms with Crippen LogP contribution in [0.2, 0.25) is 0 Å². The van der Waals surface area contributed by atoms with Crippen LogP contribution in [0, 0.1) is 6.92 Å². The Morgan fingerprint density at radius 3 is 2.52 bits per heavy atom. The van der Waals surface area contributed by atoms with Crippen LogP contribution in [0.15, 0.2) is 77.1 Å². The summed E-state index contributed by atoms with van der Waals surface area (Å²) in [5, 5.41) is 2.82. The van der Waals surface area contributed by atoms with Crippen LogP contribution in [0.5, 0.6) is 0 Å². The molecule has 2 aromatic carbocycles. The van der Waals surface area contributed by atoms with Crippen LogP contribution in [0.3, 0.4) is 0 Å². The van der Waals surface area contributed by atoms with Gasteiger partial charge in [-0.05, 0) is 42.8 Å². The van der Waals surface area contributed by atoms with Crippen molar-refractivity contribution in [1.82, 2.24) is 9.55 Å². The molecule has 1 aromatic heterocycles. The summed E-state index contributed by atoms with van der Waals surface area (Å²) in [5.74, 6) is -0.293. The Kier molecular flexibility index (Phi) is 5.23. The largest absolute Gasteiger partial charge is 0.325 e. The number of nitrogens with zero attached hydrogens (tertiary/aromatic N) is 2. The van der Waals surface area contributed by atoms with Gasteiger partial charge in [0.2, 0.25) is 15.7 Å². The van der Waals surface area contributed by atoms with Gasteiger partial charge in [0.1, 0.15) is 0 Å². The molecule has 0 saturated carbocycles. The number of hydrogen-bond donors (Lipinski definition) is 1. The van der Waals surface area contributed by atoms with Crippen molar-refractivity contribution < 1.29 is 13.2 Å². The molecule has 0 fully saturated rings. The number of imidazole rings is 1. The molecule has 1 amide bonds. The molecule has 1 heterocycles. The maximum absolute atomic E-state index is 12.6. The third kappa shape index (κ3) is 4.32. The van der Waals surface area contributed by atoms with Crippen LogP contribution < -0.4 is 5.32 Å². The van der Waals surface area contributed by atoms with E-state index < -0.39 is 9.84 Å². The van der Waals surface area contributed by atoms with Gasteiger partial charge in [-0.3, -0.25) is 4.79 Å². The molecule has 3 rings (SSSR count). The standard InChI is InChI=1S/C20H19N3O3S/c1-15-4-3-5-16(12-15)6-11-19(24)22-17-7-9-18(10-8-17)27(25,26)20-13-21-14-23(20)2/h3-14H,1-2H3,(H,22,24)/b11-6+. The second kappa shape index (κ2) is 7.59. The topological polar surface area (TPSA) is 81.1 Å². The van der Waals surface area contributed by atoms with Crippen molar-refractivity contribution >= 4 is 27.5 Å². The number of aryl methyl sites for hydroxylation is 2. The molecule has 0 unspecified atom stereocenters. The summed E-state index contributed by atoms with van der Waals surface area (Å²) in [4.78, 5) is 16.0. The zero-order chi connectivity index (χ0) is 19.4. The van der Waals surface area contributed by atoms with Gasteiger partial charge >= 0.3 is 0 Å². The van der Waals surface area contributed by atoms with E-state index in [2.05, 4.69) is 10.3 Å². The van der Waals surface area contributed by atoms with E-state index in [0.717, 1.165) is 11.1 Å². The maximum atomic E-state index is 12.6. The predicted octanol–water partition coefficient (Wildman–Crippen LogP) is 3.21. The summed E-state index contributed by atoms with van der Waals surface area (Å²) in [6, 6.07) is 13.8. The van der Waals surface area contributed by atoms with E-state index in [0.29, 0.717) is 5.69 Å². The van der Waals surface area contributed by atoms with Gasteiger partial charge in [0.25, 0.3) is 0 Å². The van der Waals surface area contributed by atoms with Gasteiger partial charge in [-0.25, -0.2) is 13.4 Å². The summed E-state index contributed by atoms with van der Waals surface area (Å²) in [6.45, 7) is 1.98. The van der Waals surface area contributed by atoms with Crippen LogP contribution in [0.4, 0.5) is 5.69 Å². The Labute approximate surface area is 158 Å². The van der Waals surface area contributed by atoms with Crippen molar-refractivity contribution in [2.75, 3.05) is 5.32 Å². The van der Waals surface area contributed by atoms with Crippen LogP contribution in [0.25, 0.3) is 6.08 Å². The maximum Gasteiger partial charge on any atom is 0.248 e. The molecule has 0 aliphatic rings. The zero-order valence-corrected chi connectivity index (χ0v) is 15.8. The summed E-state index contributed by atoms with van der Waals surface area (Å²) in [6.07, 6.45) is 5.90. The molecular formula is C20H19N3O3S. The molecule has 27 heavy (non-hydrogen) atoms. The lowest BCUT2D eigenvalue weighted by Gasteiger charge is -2.07.